The maximum Gasteiger partial charge on any atom is 0.335 e. The summed E-state index contributed by atoms with van der Waals surface area (Å²) in [5, 5.41) is 13.0. The van der Waals surface area contributed by atoms with Crippen LogP contribution in [-0.4, -0.2) is 26.0 Å². The molecule has 0 fully saturated rings. The molecule has 8 heteroatoms. The van der Waals surface area contributed by atoms with Crippen LogP contribution in [-0.2, 0) is 12.8 Å². The first-order chi connectivity index (χ1) is 14.0. The number of carboxylic acids is 1. The Bertz CT molecular complexity index is 1190. The maximum absolute atomic E-state index is 13.4. The summed E-state index contributed by atoms with van der Waals surface area (Å²) in [7, 11) is 0. The highest BCUT2D eigenvalue weighted by Gasteiger charge is 2.10. The van der Waals surface area contributed by atoms with E-state index in [1.165, 1.54) is 18.5 Å². The van der Waals surface area contributed by atoms with Crippen LogP contribution in [0, 0.1) is 5.82 Å². The molecule has 0 amide bonds. The highest BCUT2D eigenvalue weighted by Crippen LogP contribution is 2.26. The number of halogens is 2. The number of H-pyrrole nitrogens is 1. The zero-order chi connectivity index (χ0) is 20.4. The topological polar surface area (TPSA) is 90.9 Å². The van der Waals surface area contributed by atoms with Crippen molar-refractivity contribution >= 4 is 40.1 Å². The molecule has 4 aromatic rings. The van der Waals surface area contributed by atoms with E-state index in [0.29, 0.717) is 17.2 Å². The van der Waals surface area contributed by atoms with Crippen LogP contribution in [0.1, 0.15) is 21.6 Å². The summed E-state index contributed by atoms with van der Waals surface area (Å²) in [6.07, 6.45) is 2.92. The minimum atomic E-state index is -0.937. The molecule has 0 radical (unpaired) electrons. The van der Waals surface area contributed by atoms with Crippen molar-refractivity contribution in [3.8, 4) is 0 Å². The molecule has 0 saturated heterocycles. The minimum absolute atomic E-state index is 0.0315. The zero-order valence-electron chi connectivity index (χ0n) is 15.1. The van der Waals surface area contributed by atoms with Gasteiger partial charge in [-0.3, -0.25) is 0 Å². The van der Waals surface area contributed by atoms with Gasteiger partial charge in [0.05, 0.1) is 16.0 Å². The van der Waals surface area contributed by atoms with Crippen molar-refractivity contribution in [3.63, 3.8) is 0 Å². The number of aromatic nitrogens is 3. The Morgan fingerprint density at radius 3 is 2.62 bits per heavy atom. The molecule has 2 heterocycles. The number of aryl methyl sites for hydroxylation is 2. The number of aromatic carboxylic acids is 1. The number of fused-ring (bicyclic) bond motifs is 1. The highest BCUT2D eigenvalue weighted by atomic mass is 35.5. The van der Waals surface area contributed by atoms with Crippen molar-refractivity contribution in [3.05, 3.63) is 82.5 Å². The van der Waals surface area contributed by atoms with Crippen LogP contribution in [0.4, 0.5) is 15.9 Å². The predicted octanol–water partition coefficient (Wildman–Crippen LogP) is 4.98. The predicted molar refractivity (Wildman–Crippen MR) is 109 cm³/mol. The fourth-order valence-electron chi connectivity index (χ4n) is 3.03. The van der Waals surface area contributed by atoms with E-state index in [4.69, 9.17) is 16.7 Å². The Hall–Kier alpha value is -3.45. The Labute approximate surface area is 170 Å². The van der Waals surface area contributed by atoms with Gasteiger partial charge in [-0.05, 0) is 54.8 Å². The number of carboxylic acid groups (broad SMARTS) is 1. The van der Waals surface area contributed by atoms with E-state index in [-0.39, 0.29) is 10.6 Å². The van der Waals surface area contributed by atoms with E-state index in [1.54, 1.807) is 18.2 Å². The normalized spacial score (nSPS) is 11.0. The average molecular weight is 411 g/mol. The number of nitrogens with one attached hydrogen (secondary N) is 2. The van der Waals surface area contributed by atoms with E-state index < -0.39 is 11.8 Å². The molecule has 0 saturated carbocycles. The summed E-state index contributed by atoms with van der Waals surface area (Å²) in [5.41, 5.74) is 3.60. The Balaban J connectivity index is 1.52. The monoisotopic (exact) mass is 410 g/mol. The number of aromatic amines is 1. The Morgan fingerprint density at radius 1 is 1.10 bits per heavy atom. The molecule has 2 aromatic heterocycles. The molecule has 2 aromatic carbocycles. The summed E-state index contributed by atoms with van der Waals surface area (Å²) < 4.78 is 13.4. The molecule has 0 unspecified atom stereocenters. The number of benzene rings is 2. The second kappa shape index (κ2) is 7.89. The van der Waals surface area contributed by atoms with Crippen LogP contribution in [0.25, 0.3) is 11.0 Å². The van der Waals surface area contributed by atoms with Crippen molar-refractivity contribution in [2.24, 2.45) is 0 Å². The van der Waals surface area contributed by atoms with Gasteiger partial charge < -0.3 is 15.4 Å². The molecule has 3 N–H and O–H groups in total. The molecule has 0 aliphatic carbocycles. The first-order valence-corrected chi connectivity index (χ1v) is 9.24. The average Bonchev–Trinajstić information content (AvgIpc) is 3.14. The summed E-state index contributed by atoms with van der Waals surface area (Å²) in [5.74, 6) is -0.829. The lowest BCUT2D eigenvalue weighted by atomic mass is 10.1. The fraction of sp³-hybridized carbons (Fsp3) is 0.0952. The molecular formula is C21H16ClFN4O2. The summed E-state index contributed by atoms with van der Waals surface area (Å²) in [4.78, 5) is 22.8. The van der Waals surface area contributed by atoms with E-state index in [9.17, 15) is 9.18 Å². The molecule has 0 atom stereocenters. The number of carbonyl (C=O) groups is 1. The first kappa shape index (κ1) is 18.9. The number of rotatable bonds is 6. The van der Waals surface area contributed by atoms with Gasteiger partial charge in [0.25, 0.3) is 0 Å². The molecule has 4 rings (SSSR count). The van der Waals surface area contributed by atoms with Crippen LogP contribution < -0.4 is 5.32 Å². The van der Waals surface area contributed by atoms with E-state index >= 15 is 0 Å². The third-order valence-corrected chi connectivity index (χ3v) is 4.84. The number of nitrogens with zero attached hydrogens (tertiary/aromatic N) is 2. The minimum Gasteiger partial charge on any atom is -0.478 e. The largest absolute Gasteiger partial charge is 0.478 e. The van der Waals surface area contributed by atoms with Crippen molar-refractivity contribution in [1.82, 2.24) is 15.0 Å². The Morgan fingerprint density at radius 2 is 1.90 bits per heavy atom. The van der Waals surface area contributed by atoms with Gasteiger partial charge in [-0.2, -0.15) is 0 Å². The lowest BCUT2D eigenvalue weighted by Gasteiger charge is -2.06. The van der Waals surface area contributed by atoms with Gasteiger partial charge in [0.2, 0.25) is 0 Å². The van der Waals surface area contributed by atoms with E-state index in [2.05, 4.69) is 20.3 Å². The van der Waals surface area contributed by atoms with Crippen LogP contribution in [0.15, 0.2) is 54.9 Å². The molecule has 146 valence electrons. The van der Waals surface area contributed by atoms with Crippen LogP contribution in [0.5, 0.6) is 0 Å². The molecular weight excluding hydrogens is 395 g/mol. The summed E-state index contributed by atoms with van der Waals surface area (Å²) >= 11 is 5.84. The van der Waals surface area contributed by atoms with Gasteiger partial charge in [-0.1, -0.05) is 23.7 Å². The van der Waals surface area contributed by atoms with Crippen LogP contribution in [0.3, 0.4) is 0 Å². The second-order valence-electron chi connectivity index (χ2n) is 6.54. The standard InChI is InChI=1S/C21H16ClFN4O2/c22-17-10-15(7-8-18(17)23)27-20-16-9-14(26-19(16)24-11-25-20)6-3-12-1-4-13(5-2-12)21(28)29/h1-2,4-5,7-11H,3,6H2,(H,28,29)(H2,24,25,26,27). The van der Waals surface area contributed by atoms with Crippen LogP contribution in [0.2, 0.25) is 5.02 Å². The zero-order valence-corrected chi connectivity index (χ0v) is 15.9. The lowest BCUT2D eigenvalue weighted by Crippen LogP contribution is -1.97. The smallest absolute Gasteiger partial charge is 0.335 e. The second-order valence-corrected chi connectivity index (χ2v) is 6.94. The van der Waals surface area contributed by atoms with Crippen molar-refractivity contribution in [2.45, 2.75) is 12.8 Å². The molecule has 0 aliphatic heterocycles. The van der Waals surface area contributed by atoms with Gasteiger partial charge in [-0.25, -0.2) is 19.2 Å². The molecule has 29 heavy (non-hydrogen) atoms. The lowest BCUT2D eigenvalue weighted by molar-refractivity contribution is 0.0697. The van der Waals surface area contributed by atoms with E-state index in [1.807, 2.05) is 18.2 Å². The molecule has 0 aliphatic rings. The maximum atomic E-state index is 13.4. The third kappa shape index (κ3) is 4.20. The summed E-state index contributed by atoms with van der Waals surface area (Å²) in [6.45, 7) is 0. The Kier molecular flexibility index (Phi) is 5.14. The SMILES string of the molecule is O=C(O)c1ccc(CCc2cc3c(Nc4ccc(F)c(Cl)c4)ncnc3[nH]2)cc1. The van der Waals surface area contributed by atoms with Gasteiger partial charge in [0, 0.05) is 11.4 Å². The van der Waals surface area contributed by atoms with Crippen molar-refractivity contribution in [1.29, 1.82) is 0 Å². The number of hydrogen-bond acceptors (Lipinski definition) is 4. The van der Waals surface area contributed by atoms with Gasteiger partial charge in [-0.15, -0.1) is 0 Å². The quantitative estimate of drug-likeness (QED) is 0.417. The third-order valence-electron chi connectivity index (χ3n) is 4.55. The number of hydrogen-bond donors (Lipinski definition) is 3. The summed E-state index contributed by atoms with van der Waals surface area (Å²) in [6, 6.07) is 13.2. The number of anilines is 2. The molecule has 6 nitrogen and oxygen atoms in total. The highest BCUT2D eigenvalue weighted by molar-refractivity contribution is 6.31. The van der Waals surface area contributed by atoms with Crippen LogP contribution >= 0.6 is 11.6 Å². The first-order valence-electron chi connectivity index (χ1n) is 8.86. The van der Waals surface area contributed by atoms with E-state index in [0.717, 1.165) is 29.5 Å². The molecule has 0 spiro atoms. The van der Waals surface area contributed by atoms with Crippen molar-refractivity contribution in [2.75, 3.05) is 5.32 Å². The molecule has 0 bridgehead atoms. The van der Waals surface area contributed by atoms with Crippen molar-refractivity contribution < 1.29 is 14.3 Å². The van der Waals surface area contributed by atoms with Gasteiger partial charge >= 0.3 is 5.97 Å². The van der Waals surface area contributed by atoms with Gasteiger partial charge in [0.1, 0.15) is 23.6 Å². The fourth-order valence-corrected chi connectivity index (χ4v) is 3.21. The van der Waals surface area contributed by atoms with Gasteiger partial charge in [0.15, 0.2) is 0 Å².